The Morgan fingerprint density at radius 1 is 1.56 bits per heavy atom. The first-order chi connectivity index (χ1) is 7.68. The monoisotopic (exact) mass is 221 g/mol. The Bertz CT molecular complexity index is 407. The maximum atomic E-state index is 11.3. The summed E-state index contributed by atoms with van der Waals surface area (Å²) in [5.74, 6) is -0.146. The first-order valence-electron chi connectivity index (χ1n) is 5.01. The van der Waals surface area contributed by atoms with E-state index in [1.807, 2.05) is 0 Å². The normalized spacial score (nSPS) is 24.9. The lowest BCUT2D eigenvalue weighted by Crippen LogP contribution is -2.45. The third kappa shape index (κ3) is 2.00. The van der Waals surface area contributed by atoms with Crippen LogP contribution in [-0.4, -0.2) is 21.9 Å². The van der Waals surface area contributed by atoms with Crippen molar-refractivity contribution < 1.29 is 9.72 Å². The fraction of sp³-hybridized carbons (Fsp3) is 0.400. The van der Waals surface area contributed by atoms with Gasteiger partial charge >= 0.3 is 0 Å². The lowest BCUT2D eigenvalue weighted by molar-refractivity contribution is -0.529. The number of carbonyl (C=O) groups excluding carboxylic acids is 1. The number of amides is 1. The summed E-state index contributed by atoms with van der Waals surface area (Å²) in [6.07, 6.45) is 3.63. The number of pyridine rings is 1. The van der Waals surface area contributed by atoms with Crippen molar-refractivity contribution in [1.82, 2.24) is 10.3 Å². The van der Waals surface area contributed by atoms with Crippen molar-refractivity contribution >= 4 is 5.91 Å². The predicted molar refractivity (Wildman–Crippen MR) is 55.1 cm³/mol. The first-order valence-corrected chi connectivity index (χ1v) is 5.01. The molecule has 6 nitrogen and oxygen atoms in total. The van der Waals surface area contributed by atoms with E-state index < -0.39 is 12.1 Å². The number of piperidine rings is 1. The first kappa shape index (κ1) is 10.5. The number of nitrogens with one attached hydrogen (secondary N) is 1. The van der Waals surface area contributed by atoms with Crippen molar-refractivity contribution in [3.8, 4) is 0 Å². The van der Waals surface area contributed by atoms with Crippen LogP contribution in [0, 0.1) is 10.1 Å². The Morgan fingerprint density at radius 2 is 2.38 bits per heavy atom. The molecule has 0 saturated carbocycles. The van der Waals surface area contributed by atoms with Crippen molar-refractivity contribution in [2.24, 2.45) is 0 Å². The lowest BCUT2D eigenvalue weighted by atomic mass is 9.93. The molecule has 0 unspecified atom stereocenters. The van der Waals surface area contributed by atoms with Gasteiger partial charge in [0.25, 0.3) is 0 Å². The highest BCUT2D eigenvalue weighted by Crippen LogP contribution is 2.25. The van der Waals surface area contributed by atoms with Crippen LogP contribution >= 0.6 is 0 Å². The Hall–Kier alpha value is -1.98. The van der Waals surface area contributed by atoms with E-state index in [0.717, 1.165) is 0 Å². The van der Waals surface area contributed by atoms with E-state index in [1.165, 1.54) is 0 Å². The Labute approximate surface area is 91.8 Å². The summed E-state index contributed by atoms with van der Waals surface area (Å²) in [4.78, 5) is 25.7. The van der Waals surface area contributed by atoms with Crippen LogP contribution in [0.4, 0.5) is 0 Å². The number of hydrogen-bond acceptors (Lipinski definition) is 4. The quantitative estimate of drug-likeness (QED) is 0.587. The van der Waals surface area contributed by atoms with E-state index in [9.17, 15) is 14.9 Å². The molecule has 1 aromatic heterocycles. The van der Waals surface area contributed by atoms with Crippen LogP contribution in [0.3, 0.4) is 0 Å². The smallest absolute Gasteiger partial charge is 0.237 e. The van der Waals surface area contributed by atoms with Gasteiger partial charge in [0.15, 0.2) is 0 Å². The molecule has 1 fully saturated rings. The summed E-state index contributed by atoms with van der Waals surface area (Å²) in [5, 5.41) is 13.5. The third-order valence-electron chi connectivity index (χ3n) is 2.68. The average Bonchev–Trinajstić information content (AvgIpc) is 2.29. The van der Waals surface area contributed by atoms with Gasteiger partial charge in [0.1, 0.15) is 6.04 Å². The Morgan fingerprint density at radius 3 is 3.00 bits per heavy atom. The minimum Gasteiger partial charge on any atom is -0.343 e. The zero-order valence-corrected chi connectivity index (χ0v) is 8.50. The number of hydrogen-bond donors (Lipinski definition) is 1. The van der Waals surface area contributed by atoms with Crippen molar-refractivity contribution in [2.75, 3.05) is 0 Å². The van der Waals surface area contributed by atoms with Crippen LogP contribution in [0.25, 0.3) is 0 Å². The molecule has 84 valence electrons. The largest absolute Gasteiger partial charge is 0.343 e. The molecule has 0 radical (unpaired) electrons. The molecule has 0 bridgehead atoms. The average molecular weight is 221 g/mol. The standard InChI is InChI=1S/C10H11N3O3/c14-9-4-3-8(13(15)16)10(12-9)7-2-1-5-11-6-7/h1-2,5-6,8,10H,3-4H2,(H,12,14)/t8-,10+/m0/s1. The molecule has 0 aliphatic carbocycles. The van der Waals surface area contributed by atoms with Crippen LogP contribution in [0.15, 0.2) is 24.5 Å². The van der Waals surface area contributed by atoms with Crippen molar-refractivity contribution in [1.29, 1.82) is 0 Å². The fourth-order valence-corrected chi connectivity index (χ4v) is 1.88. The molecule has 1 aromatic rings. The number of nitro groups is 1. The van der Waals surface area contributed by atoms with Gasteiger partial charge in [-0.3, -0.25) is 19.9 Å². The van der Waals surface area contributed by atoms with E-state index in [2.05, 4.69) is 10.3 Å². The molecule has 1 N–H and O–H groups in total. The summed E-state index contributed by atoms with van der Waals surface area (Å²) < 4.78 is 0. The molecule has 2 rings (SSSR count). The maximum absolute atomic E-state index is 11.3. The summed E-state index contributed by atoms with van der Waals surface area (Å²) in [6, 6.07) is 2.11. The van der Waals surface area contributed by atoms with Gasteiger partial charge in [-0.15, -0.1) is 0 Å². The summed E-state index contributed by atoms with van der Waals surface area (Å²) >= 11 is 0. The van der Waals surface area contributed by atoms with Gasteiger partial charge in [-0.1, -0.05) is 6.07 Å². The Balaban J connectivity index is 2.27. The Kier molecular flexibility index (Phi) is 2.80. The van der Waals surface area contributed by atoms with Crippen molar-refractivity contribution in [3.05, 3.63) is 40.2 Å². The molecule has 0 spiro atoms. The van der Waals surface area contributed by atoms with E-state index >= 15 is 0 Å². The van der Waals surface area contributed by atoms with Gasteiger partial charge in [0, 0.05) is 30.2 Å². The molecule has 16 heavy (non-hydrogen) atoms. The minimum atomic E-state index is -0.762. The van der Waals surface area contributed by atoms with E-state index in [-0.39, 0.29) is 23.7 Å². The van der Waals surface area contributed by atoms with Crippen LogP contribution in [0.2, 0.25) is 0 Å². The highest BCUT2D eigenvalue weighted by atomic mass is 16.6. The highest BCUT2D eigenvalue weighted by Gasteiger charge is 2.38. The molecule has 1 aliphatic rings. The zero-order chi connectivity index (χ0) is 11.5. The van der Waals surface area contributed by atoms with Gasteiger partial charge in [0.2, 0.25) is 11.9 Å². The molecule has 0 aromatic carbocycles. The molecular formula is C10H11N3O3. The molecule has 1 saturated heterocycles. The molecule has 2 atom stereocenters. The third-order valence-corrected chi connectivity index (χ3v) is 2.68. The summed E-state index contributed by atoms with van der Waals surface area (Å²) in [5.41, 5.74) is 0.678. The van der Waals surface area contributed by atoms with Gasteiger partial charge < -0.3 is 5.32 Å². The molecule has 6 heteroatoms. The highest BCUT2D eigenvalue weighted by molar-refractivity contribution is 5.77. The van der Waals surface area contributed by atoms with Crippen molar-refractivity contribution in [3.63, 3.8) is 0 Å². The molecule has 2 heterocycles. The van der Waals surface area contributed by atoms with E-state index in [4.69, 9.17) is 0 Å². The van der Waals surface area contributed by atoms with Gasteiger partial charge in [-0.25, -0.2) is 0 Å². The van der Waals surface area contributed by atoms with Crippen molar-refractivity contribution in [2.45, 2.75) is 24.9 Å². The van der Waals surface area contributed by atoms with E-state index in [0.29, 0.717) is 5.56 Å². The number of carbonyl (C=O) groups is 1. The second-order valence-electron chi connectivity index (χ2n) is 3.72. The summed E-state index contributed by atoms with van der Waals surface area (Å²) in [7, 11) is 0. The van der Waals surface area contributed by atoms with E-state index in [1.54, 1.807) is 24.5 Å². The van der Waals surface area contributed by atoms with Crippen LogP contribution < -0.4 is 5.32 Å². The molecule has 1 aliphatic heterocycles. The fourth-order valence-electron chi connectivity index (χ4n) is 1.88. The zero-order valence-electron chi connectivity index (χ0n) is 8.50. The SMILES string of the molecule is O=C1CC[C@H]([N+](=O)[O-])[C@@H](c2cccnc2)N1. The maximum Gasteiger partial charge on any atom is 0.237 e. The van der Waals surface area contributed by atoms with Crippen LogP contribution in [-0.2, 0) is 4.79 Å². The number of rotatable bonds is 2. The topological polar surface area (TPSA) is 85.1 Å². The number of nitrogens with zero attached hydrogens (tertiary/aromatic N) is 2. The van der Waals surface area contributed by atoms with Crippen LogP contribution in [0.5, 0.6) is 0 Å². The molecular weight excluding hydrogens is 210 g/mol. The minimum absolute atomic E-state index is 0.146. The lowest BCUT2D eigenvalue weighted by Gasteiger charge is -2.26. The predicted octanol–water partition coefficient (Wildman–Crippen LogP) is 0.678. The second kappa shape index (κ2) is 4.26. The van der Waals surface area contributed by atoms with Gasteiger partial charge in [-0.05, 0) is 11.6 Å². The second-order valence-corrected chi connectivity index (χ2v) is 3.72. The number of aromatic nitrogens is 1. The van der Waals surface area contributed by atoms with Crippen LogP contribution in [0.1, 0.15) is 24.4 Å². The summed E-state index contributed by atoms with van der Waals surface area (Å²) in [6.45, 7) is 0. The molecule has 1 amide bonds. The van der Waals surface area contributed by atoms with Gasteiger partial charge in [0.05, 0.1) is 0 Å². The van der Waals surface area contributed by atoms with Gasteiger partial charge in [-0.2, -0.15) is 0 Å².